The summed E-state index contributed by atoms with van der Waals surface area (Å²) in [6, 6.07) is 19.0. The van der Waals surface area contributed by atoms with Crippen LogP contribution in [0.1, 0.15) is 23.3 Å². The highest BCUT2D eigenvalue weighted by Gasteiger charge is 2.32. The zero-order valence-electron chi connectivity index (χ0n) is 14.2. The zero-order chi connectivity index (χ0) is 17.8. The third-order valence-corrected chi connectivity index (χ3v) is 4.53. The first-order chi connectivity index (χ1) is 12.8. The molecule has 1 aromatic heterocycles. The van der Waals surface area contributed by atoms with E-state index in [-0.39, 0.29) is 12.0 Å². The van der Waals surface area contributed by atoms with Crippen LogP contribution in [0.3, 0.4) is 0 Å². The number of aromatic nitrogens is 4. The van der Waals surface area contributed by atoms with Gasteiger partial charge in [-0.1, -0.05) is 60.7 Å². The number of nitrogens with zero attached hydrogens (tertiary/aromatic N) is 5. The van der Waals surface area contributed by atoms with Crippen molar-refractivity contribution in [1.29, 1.82) is 0 Å². The summed E-state index contributed by atoms with van der Waals surface area (Å²) in [4.78, 5) is 15.2. The van der Waals surface area contributed by atoms with Crippen molar-refractivity contribution in [1.82, 2.24) is 25.1 Å². The van der Waals surface area contributed by atoms with E-state index in [0.717, 1.165) is 11.1 Å². The lowest BCUT2D eigenvalue weighted by Crippen LogP contribution is -2.45. The van der Waals surface area contributed by atoms with Crippen molar-refractivity contribution in [3.05, 3.63) is 78.1 Å². The van der Waals surface area contributed by atoms with Gasteiger partial charge < -0.3 is 9.64 Å². The molecular weight excluding hydrogens is 330 g/mol. The van der Waals surface area contributed by atoms with Crippen LogP contribution in [0, 0.1) is 0 Å². The van der Waals surface area contributed by atoms with Gasteiger partial charge in [-0.05, 0) is 21.6 Å². The number of amides is 1. The molecule has 26 heavy (non-hydrogen) atoms. The molecule has 1 amide bonds. The molecule has 0 spiro atoms. The van der Waals surface area contributed by atoms with E-state index in [0.29, 0.717) is 19.7 Å². The Labute approximate surface area is 151 Å². The Morgan fingerprint density at radius 2 is 1.81 bits per heavy atom. The van der Waals surface area contributed by atoms with Crippen LogP contribution in [0.15, 0.2) is 67.0 Å². The Balaban J connectivity index is 1.59. The zero-order valence-corrected chi connectivity index (χ0v) is 14.2. The smallest absolute Gasteiger partial charge is 0.252 e. The van der Waals surface area contributed by atoms with Gasteiger partial charge in [0.2, 0.25) is 0 Å². The quantitative estimate of drug-likeness (QED) is 0.719. The summed E-state index contributed by atoms with van der Waals surface area (Å²) in [5.74, 6) is -0.0345. The van der Waals surface area contributed by atoms with Crippen molar-refractivity contribution >= 4 is 5.91 Å². The van der Waals surface area contributed by atoms with Gasteiger partial charge in [0.15, 0.2) is 6.04 Å². The van der Waals surface area contributed by atoms with Crippen molar-refractivity contribution in [2.24, 2.45) is 0 Å². The molecule has 1 saturated heterocycles. The van der Waals surface area contributed by atoms with E-state index < -0.39 is 6.04 Å². The summed E-state index contributed by atoms with van der Waals surface area (Å²) in [7, 11) is 0. The van der Waals surface area contributed by atoms with Crippen LogP contribution in [0.2, 0.25) is 0 Å². The average molecular weight is 349 g/mol. The van der Waals surface area contributed by atoms with Crippen LogP contribution < -0.4 is 0 Å². The van der Waals surface area contributed by atoms with Crippen LogP contribution in [0.25, 0.3) is 0 Å². The van der Waals surface area contributed by atoms with Crippen LogP contribution in [-0.4, -0.2) is 50.7 Å². The van der Waals surface area contributed by atoms with Crippen molar-refractivity contribution in [3.8, 4) is 0 Å². The molecule has 2 aromatic carbocycles. The van der Waals surface area contributed by atoms with Crippen molar-refractivity contribution < 1.29 is 9.53 Å². The van der Waals surface area contributed by atoms with E-state index in [2.05, 4.69) is 15.5 Å². The number of tetrazole rings is 1. The number of rotatable bonds is 4. The lowest BCUT2D eigenvalue weighted by molar-refractivity contribution is -0.141. The predicted octanol–water partition coefficient (Wildman–Crippen LogP) is 1.86. The molecule has 2 atom stereocenters. The van der Waals surface area contributed by atoms with Gasteiger partial charge in [-0.15, -0.1) is 5.10 Å². The van der Waals surface area contributed by atoms with E-state index in [1.54, 1.807) is 0 Å². The van der Waals surface area contributed by atoms with Gasteiger partial charge in [-0.3, -0.25) is 4.79 Å². The summed E-state index contributed by atoms with van der Waals surface area (Å²) < 4.78 is 7.38. The Hall–Kier alpha value is -3.06. The second kappa shape index (κ2) is 7.45. The highest BCUT2D eigenvalue weighted by Crippen LogP contribution is 2.26. The lowest BCUT2D eigenvalue weighted by Gasteiger charge is -2.35. The number of benzene rings is 2. The third kappa shape index (κ3) is 3.34. The fourth-order valence-electron chi connectivity index (χ4n) is 3.22. The monoisotopic (exact) mass is 349 g/mol. The molecule has 1 aliphatic heterocycles. The number of carbonyl (C=O) groups excluding carboxylic acids is 1. The number of carbonyl (C=O) groups is 1. The summed E-state index contributed by atoms with van der Waals surface area (Å²) in [5.41, 5.74) is 1.93. The maximum Gasteiger partial charge on any atom is 0.252 e. The van der Waals surface area contributed by atoms with Crippen LogP contribution >= 0.6 is 0 Å². The lowest BCUT2D eigenvalue weighted by atomic mass is 10.0. The summed E-state index contributed by atoms with van der Waals surface area (Å²) in [6.07, 6.45) is 1.35. The topological polar surface area (TPSA) is 73.1 Å². The maximum absolute atomic E-state index is 13.3. The molecule has 1 fully saturated rings. The Morgan fingerprint density at radius 3 is 2.50 bits per heavy atom. The molecule has 1 unspecified atom stereocenters. The van der Waals surface area contributed by atoms with Gasteiger partial charge in [0, 0.05) is 6.54 Å². The molecule has 7 nitrogen and oxygen atoms in total. The van der Waals surface area contributed by atoms with E-state index in [1.807, 2.05) is 65.6 Å². The maximum atomic E-state index is 13.3. The Bertz CT molecular complexity index is 839. The number of morpholine rings is 1. The molecule has 0 saturated carbocycles. The molecule has 7 heteroatoms. The van der Waals surface area contributed by atoms with E-state index in [4.69, 9.17) is 4.74 Å². The molecule has 0 aliphatic carbocycles. The second-order valence-corrected chi connectivity index (χ2v) is 6.16. The highest BCUT2D eigenvalue weighted by molar-refractivity contribution is 5.83. The summed E-state index contributed by atoms with van der Waals surface area (Å²) >= 11 is 0. The molecular formula is C19H19N5O2. The largest absolute Gasteiger partial charge is 0.370 e. The van der Waals surface area contributed by atoms with Crippen LogP contribution in [-0.2, 0) is 9.53 Å². The Kier molecular flexibility index (Phi) is 4.70. The van der Waals surface area contributed by atoms with E-state index >= 15 is 0 Å². The predicted molar refractivity (Wildman–Crippen MR) is 94.1 cm³/mol. The minimum Gasteiger partial charge on any atom is -0.370 e. The summed E-state index contributed by atoms with van der Waals surface area (Å²) in [6.45, 7) is 1.56. The van der Waals surface area contributed by atoms with E-state index in [1.165, 1.54) is 11.0 Å². The number of hydrogen-bond acceptors (Lipinski definition) is 5. The fraction of sp³-hybridized carbons (Fsp3) is 0.263. The van der Waals surface area contributed by atoms with Crippen molar-refractivity contribution in [3.63, 3.8) is 0 Å². The minimum absolute atomic E-state index is 0.0345. The second-order valence-electron chi connectivity index (χ2n) is 6.16. The normalized spacial score (nSPS) is 18.5. The molecule has 132 valence electrons. The Morgan fingerprint density at radius 1 is 1.08 bits per heavy atom. The van der Waals surface area contributed by atoms with E-state index in [9.17, 15) is 4.79 Å². The number of ether oxygens (including phenoxy) is 1. The van der Waals surface area contributed by atoms with Gasteiger partial charge in [0.1, 0.15) is 12.4 Å². The molecule has 0 bridgehead atoms. The van der Waals surface area contributed by atoms with Crippen molar-refractivity contribution in [2.45, 2.75) is 12.1 Å². The van der Waals surface area contributed by atoms with Gasteiger partial charge in [0.25, 0.3) is 5.91 Å². The fourth-order valence-corrected chi connectivity index (χ4v) is 3.22. The molecule has 1 aliphatic rings. The average Bonchev–Trinajstić information content (AvgIpc) is 3.24. The first kappa shape index (κ1) is 16.4. The van der Waals surface area contributed by atoms with Crippen LogP contribution in [0.5, 0.6) is 0 Å². The molecule has 0 radical (unpaired) electrons. The number of hydrogen-bond donors (Lipinski definition) is 0. The first-order valence-corrected chi connectivity index (χ1v) is 8.55. The van der Waals surface area contributed by atoms with Gasteiger partial charge in [-0.25, -0.2) is 4.68 Å². The summed E-state index contributed by atoms with van der Waals surface area (Å²) in [5, 5.41) is 11.4. The van der Waals surface area contributed by atoms with Gasteiger partial charge >= 0.3 is 0 Å². The molecule has 0 N–H and O–H groups in total. The van der Waals surface area contributed by atoms with Gasteiger partial charge in [0.05, 0.1) is 13.2 Å². The molecule has 2 heterocycles. The molecule has 4 rings (SSSR count). The standard InChI is InChI=1S/C19H19N5O2/c25-19(18(24-14-20-21-22-24)16-9-5-2-6-10-16)23-11-12-26-17(13-23)15-7-3-1-4-8-15/h1-10,14,17-18H,11-13H2/t17?,18-/m0/s1. The SMILES string of the molecule is O=C([C@H](c1ccccc1)n1cnnn1)N1CCOC(c2ccccc2)C1. The van der Waals surface area contributed by atoms with Gasteiger partial charge in [-0.2, -0.15) is 0 Å². The molecule has 3 aromatic rings. The van der Waals surface area contributed by atoms with Crippen molar-refractivity contribution in [2.75, 3.05) is 19.7 Å². The highest BCUT2D eigenvalue weighted by atomic mass is 16.5. The van der Waals surface area contributed by atoms with Crippen LogP contribution in [0.4, 0.5) is 0 Å². The minimum atomic E-state index is -0.583. The first-order valence-electron chi connectivity index (χ1n) is 8.55. The third-order valence-electron chi connectivity index (χ3n) is 4.53.